The quantitative estimate of drug-likeness (QED) is 0.548. The van der Waals surface area contributed by atoms with Crippen LogP contribution in [0.4, 0.5) is 4.79 Å². The Hall–Kier alpha value is -3.15. The molecule has 0 aliphatic carbocycles. The van der Waals surface area contributed by atoms with Crippen molar-refractivity contribution in [3.8, 4) is 0 Å². The summed E-state index contributed by atoms with van der Waals surface area (Å²) in [6.07, 6.45) is 8.31. The Morgan fingerprint density at radius 3 is 1.52 bits per heavy atom. The number of carbonyl (C=O) groups is 1. The van der Waals surface area contributed by atoms with E-state index in [0.29, 0.717) is 0 Å². The second-order valence-electron chi connectivity index (χ2n) is 4.84. The summed E-state index contributed by atoms with van der Waals surface area (Å²) < 4.78 is 9.46. The van der Waals surface area contributed by atoms with Gasteiger partial charge in [-0.25, -0.2) is 29.0 Å². The van der Waals surface area contributed by atoms with Crippen molar-refractivity contribution in [1.82, 2.24) is 44.3 Å². The molecule has 0 aliphatic rings. The average molecular weight is 319 g/mol. The smallest absolute Gasteiger partial charge is 0.423 e. The van der Waals surface area contributed by atoms with E-state index in [2.05, 4.69) is 30.2 Å². The van der Waals surface area contributed by atoms with E-state index in [1.807, 2.05) is 0 Å². The Bertz CT molecular complexity index is 632. The fourth-order valence-corrected chi connectivity index (χ4v) is 2.25. The van der Waals surface area contributed by atoms with E-state index in [1.165, 1.54) is 45.1 Å². The number of amides is 1. The minimum Gasteiger partial charge on any atom is -0.423 e. The van der Waals surface area contributed by atoms with Gasteiger partial charge in [0.25, 0.3) is 0 Å². The van der Waals surface area contributed by atoms with Gasteiger partial charge in [0.05, 0.1) is 7.11 Å². The molecule has 3 aromatic rings. The van der Waals surface area contributed by atoms with Gasteiger partial charge in [-0.15, -0.1) is 0 Å². The standard InChI is InChI=1S/C11H15N10O2/c1-23-11(22)21(8-18-5-12-2-15-18,9-19-6-13-3-16-19)10-20-7-14-4-17-20/h2-7H,8-10H2,1H3/q+1. The number of ether oxygens (including phenoxy) is 1. The molecule has 0 saturated carbocycles. The maximum absolute atomic E-state index is 12.6. The highest BCUT2D eigenvalue weighted by Crippen LogP contribution is 2.16. The molecule has 0 spiro atoms. The molecule has 12 heteroatoms. The van der Waals surface area contributed by atoms with Crippen LogP contribution in [0.2, 0.25) is 0 Å². The largest absolute Gasteiger partial charge is 0.520 e. The molecule has 0 saturated heterocycles. The summed E-state index contributed by atoms with van der Waals surface area (Å²) in [6, 6.07) is 0. The summed E-state index contributed by atoms with van der Waals surface area (Å²) in [7, 11) is 1.33. The van der Waals surface area contributed by atoms with Crippen molar-refractivity contribution >= 4 is 6.09 Å². The van der Waals surface area contributed by atoms with Gasteiger partial charge in [0.1, 0.15) is 38.0 Å². The minimum atomic E-state index is -0.466. The summed E-state index contributed by atoms with van der Waals surface area (Å²) in [4.78, 5) is 24.3. The van der Waals surface area contributed by atoms with Crippen LogP contribution >= 0.6 is 0 Å². The lowest BCUT2D eigenvalue weighted by Crippen LogP contribution is -2.55. The van der Waals surface area contributed by atoms with Crippen LogP contribution in [0.3, 0.4) is 0 Å². The third-order valence-electron chi connectivity index (χ3n) is 3.21. The number of carbonyl (C=O) groups excluding carboxylic acids is 1. The van der Waals surface area contributed by atoms with Crippen LogP contribution in [0, 0.1) is 0 Å². The van der Waals surface area contributed by atoms with Crippen molar-refractivity contribution in [2.24, 2.45) is 0 Å². The summed E-state index contributed by atoms with van der Waals surface area (Å²) >= 11 is 0. The normalized spacial score (nSPS) is 11.5. The molecule has 3 heterocycles. The van der Waals surface area contributed by atoms with Gasteiger partial charge in [-0.05, 0) is 0 Å². The second-order valence-corrected chi connectivity index (χ2v) is 4.84. The van der Waals surface area contributed by atoms with Crippen LogP contribution in [0.25, 0.3) is 0 Å². The first kappa shape index (κ1) is 14.8. The zero-order chi connectivity index (χ0) is 16.1. The van der Waals surface area contributed by atoms with Gasteiger partial charge in [0.15, 0.2) is 20.0 Å². The van der Waals surface area contributed by atoms with Crippen molar-refractivity contribution in [3.63, 3.8) is 0 Å². The first-order valence-corrected chi connectivity index (χ1v) is 6.64. The van der Waals surface area contributed by atoms with Crippen LogP contribution in [0.5, 0.6) is 0 Å². The number of hydrogen-bond acceptors (Lipinski definition) is 8. The highest BCUT2D eigenvalue weighted by molar-refractivity contribution is 5.58. The van der Waals surface area contributed by atoms with E-state index in [1.54, 1.807) is 14.0 Å². The molecule has 3 aromatic heterocycles. The molecule has 0 bridgehead atoms. The van der Waals surface area contributed by atoms with Crippen molar-refractivity contribution in [1.29, 1.82) is 0 Å². The zero-order valence-corrected chi connectivity index (χ0v) is 12.4. The number of quaternary nitrogens is 1. The Morgan fingerprint density at radius 2 is 1.26 bits per heavy atom. The Kier molecular flexibility index (Phi) is 4.05. The second kappa shape index (κ2) is 6.31. The first-order chi connectivity index (χ1) is 11.2. The summed E-state index contributed by atoms with van der Waals surface area (Å²) in [6.45, 7) is 0.561. The van der Waals surface area contributed by atoms with E-state index in [-0.39, 0.29) is 24.5 Å². The van der Waals surface area contributed by atoms with E-state index < -0.39 is 6.09 Å². The van der Waals surface area contributed by atoms with Crippen LogP contribution in [-0.4, -0.2) is 62.0 Å². The van der Waals surface area contributed by atoms with E-state index in [9.17, 15) is 4.79 Å². The minimum absolute atomic E-state index is 0.187. The van der Waals surface area contributed by atoms with Gasteiger partial charge < -0.3 is 4.74 Å². The lowest BCUT2D eigenvalue weighted by atomic mass is 10.5. The average Bonchev–Trinajstić information content (AvgIpc) is 3.29. The monoisotopic (exact) mass is 319 g/mol. The SMILES string of the molecule is COC(=O)[N+](Cn1cncn1)(Cn1cncn1)Cn1cncn1. The van der Waals surface area contributed by atoms with Crippen molar-refractivity contribution < 1.29 is 14.0 Å². The third-order valence-corrected chi connectivity index (χ3v) is 3.21. The molecule has 0 unspecified atom stereocenters. The predicted octanol–water partition coefficient (Wildman–Crippen LogP) is -0.683. The number of aromatic nitrogens is 9. The number of rotatable bonds is 6. The molecule has 0 atom stereocenters. The van der Waals surface area contributed by atoms with E-state index in [4.69, 9.17) is 4.74 Å². The summed E-state index contributed by atoms with van der Waals surface area (Å²) in [5, 5.41) is 12.2. The maximum atomic E-state index is 12.6. The molecule has 23 heavy (non-hydrogen) atoms. The van der Waals surface area contributed by atoms with Crippen LogP contribution < -0.4 is 0 Å². The van der Waals surface area contributed by atoms with Crippen molar-refractivity contribution in [2.45, 2.75) is 20.0 Å². The number of methoxy groups -OCH3 is 1. The van der Waals surface area contributed by atoms with Crippen LogP contribution in [0.1, 0.15) is 0 Å². The third kappa shape index (κ3) is 3.21. The molecular formula is C11H15N10O2+. The molecule has 0 aromatic carbocycles. The molecule has 0 N–H and O–H groups in total. The fraction of sp³-hybridized carbons (Fsp3) is 0.364. The van der Waals surface area contributed by atoms with Crippen molar-refractivity contribution in [2.75, 3.05) is 7.11 Å². The van der Waals surface area contributed by atoms with Gasteiger partial charge in [-0.1, -0.05) is 0 Å². The van der Waals surface area contributed by atoms with Gasteiger partial charge in [-0.3, -0.25) is 0 Å². The molecule has 12 nitrogen and oxygen atoms in total. The molecule has 120 valence electrons. The van der Waals surface area contributed by atoms with Crippen LogP contribution in [-0.2, 0) is 24.7 Å². The lowest BCUT2D eigenvalue weighted by Gasteiger charge is -2.32. The fourth-order valence-electron chi connectivity index (χ4n) is 2.25. The molecule has 1 amide bonds. The summed E-state index contributed by atoms with van der Waals surface area (Å²) in [5.41, 5.74) is 0. The van der Waals surface area contributed by atoms with Crippen molar-refractivity contribution in [3.05, 3.63) is 38.0 Å². The maximum Gasteiger partial charge on any atom is 0.520 e. The molecule has 0 aliphatic heterocycles. The van der Waals surface area contributed by atoms with Gasteiger partial charge in [0, 0.05) is 0 Å². The van der Waals surface area contributed by atoms with Gasteiger partial charge >= 0.3 is 6.09 Å². The van der Waals surface area contributed by atoms with Crippen LogP contribution in [0.15, 0.2) is 38.0 Å². The first-order valence-electron chi connectivity index (χ1n) is 6.64. The number of hydrogen-bond donors (Lipinski definition) is 0. The van der Waals surface area contributed by atoms with E-state index in [0.717, 1.165) is 0 Å². The molecule has 3 rings (SSSR count). The summed E-state index contributed by atoms with van der Waals surface area (Å²) in [5.74, 6) is 0. The Balaban J connectivity index is 1.97. The molecule has 0 radical (unpaired) electrons. The topological polar surface area (TPSA) is 118 Å². The van der Waals surface area contributed by atoms with E-state index >= 15 is 0 Å². The molecular weight excluding hydrogens is 304 g/mol. The van der Waals surface area contributed by atoms with Gasteiger partial charge in [-0.2, -0.15) is 24.6 Å². The molecule has 0 fully saturated rings. The predicted molar refractivity (Wildman–Crippen MR) is 72.7 cm³/mol. The Labute approximate surface area is 130 Å². The van der Waals surface area contributed by atoms with Gasteiger partial charge in [0.2, 0.25) is 0 Å². The highest BCUT2D eigenvalue weighted by Gasteiger charge is 2.41. The lowest BCUT2D eigenvalue weighted by molar-refractivity contribution is -0.924. The Morgan fingerprint density at radius 1 is 0.870 bits per heavy atom. The number of nitrogens with zero attached hydrogens (tertiary/aromatic N) is 10. The zero-order valence-electron chi connectivity index (χ0n) is 12.4. The highest BCUT2D eigenvalue weighted by atomic mass is 16.5.